The molecule has 3 rings (SSSR count). The van der Waals surface area contributed by atoms with Crippen molar-refractivity contribution in [3.8, 4) is 11.3 Å². The Hall–Kier alpha value is -1.69. The number of aromatic nitrogens is 1. The SMILES string of the molecule is Cc1ccc(Cl)c2c(CCCCN)c(-c3ccc(Cl)c(C(F)(F)F)c3)[nH]c12. The van der Waals surface area contributed by atoms with Crippen LogP contribution in [0.3, 0.4) is 0 Å². The number of hydrogen-bond acceptors (Lipinski definition) is 1. The Morgan fingerprint density at radius 2 is 1.74 bits per heavy atom. The van der Waals surface area contributed by atoms with E-state index in [1.807, 2.05) is 19.1 Å². The molecule has 7 heteroatoms. The lowest BCUT2D eigenvalue weighted by molar-refractivity contribution is -0.137. The highest BCUT2D eigenvalue weighted by atomic mass is 35.5. The van der Waals surface area contributed by atoms with Crippen molar-refractivity contribution in [2.45, 2.75) is 32.4 Å². The van der Waals surface area contributed by atoms with Gasteiger partial charge in [-0.05, 0) is 67.6 Å². The zero-order valence-corrected chi connectivity index (χ0v) is 16.2. The van der Waals surface area contributed by atoms with Crippen LogP contribution in [0.5, 0.6) is 0 Å². The van der Waals surface area contributed by atoms with E-state index < -0.39 is 11.7 Å². The standard InChI is InChI=1S/C20H19Cl2F3N2/c1-11-5-7-16(22)17-13(4-2-3-9-26)19(27-18(11)17)12-6-8-15(21)14(10-12)20(23,24)25/h5-8,10,27H,2-4,9,26H2,1H3. The Balaban J connectivity index is 2.23. The maximum absolute atomic E-state index is 13.3. The van der Waals surface area contributed by atoms with Crippen molar-refractivity contribution in [1.29, 1.82) is 0 Å². The molecular weight excluding hydrogens is 396 g/mol. The molecule has 0 saturated heterocycles. The van der Waals surface area contributed by atoms with Crippen LogP contribution in [-0.2, 0) is 12.6 Å². The molecule has 0 aliphatic carbocycles. The Bertz CT molecular complexity index is 977. The highest BCUT2D eigenvalue weighted by molar-refractivity contribution is 6.36. The molecule has 0 aliphatic heterocycles. The monoisotopic (exact) mass is 414 g/mol. The van der Waals surface area contributed by atoms with Crippen LogP contribution in [0.4, 0.5) is 13.2 Å². The molecule has 0 amide bonds. The van der Waals surface area contributed by atoms with Crippen molar-refractivity contribution >= 4 is 34.1 Å². The van der Waals surface area contributed by atoms with Crippen molar-refractivity contribution in [3.63, 3.8) is 0 Å². The minimum absolute atomic E-state index is 0.318. The number of unbranched alkanes of at least 4 members (excludes halogenated alkanes) is 1. The third-order valence-electron chi connectivity index (χ3n) is 4.66. The normalized spacial score (nSPS) is 12.1. The minimum atomic E-state index is -4.52. The van der Waals surface area contributed by atoms with Gasteiger partial charge in [-0.3, -0.25) is 0 Å². The van der Waals surface area contributed by atoms with Crippen LogP contribution in [0.2, 0.25) is 10.0 Å². The quantitative estimate of drug-likeness (QED) is 0.445. The van der Waals surface area contributed by atoms with Crippen LogP contribution in [0.15, 0.2) is 30.3 Å². The Morgan fingerprint density at radius 3 is 2.41 bits per heavy atom. The fourth-order valence-electron chi connectivity index (χ4n) is 3.30. The van der Waals surface area contributed by atoms with E-state index in [1.54, 1.807) is 6.07 Å². The van der Waals surface area contributed by atoms with Gasteiger partial charge >= 0.3 is 6.18 Å². The largest absolute Gasteiger partial charge is 0.417 e. The van der Waals surface area contributed by atoms with E-state index in [4.69, 9.17) is 28.9 Å². The molecule has 0 radical (unpaired) electrons. The first-order valence-corrected chi connectivity index (χ1v) is 9.36. The van der Waals surface area contributed by atoms with Crippen molar-refractivity contribution in [1.82, 2.24) is 4.98 Å². The number of hydrogen-bond donors (Lipinski definition) is 2. The first kappa shape index (κ1) is 20.1. The van der Waals surface area contributed by atoms with Gasteiger partial charge in [-0.25, -0.2) is 0 Å². The first-order chi connectivity index (χ1) is 12.7. The predicted octanol–water partition coefficient (Wildman–Crippen LogP) is 6.75. The number of rotatable bonds is 5. The molecule has 1 aromatic heterocycles. The van der Waals surface area contributed by atoms with E-state index in [9.17, 15) is 13.2 Å². The fourth-order valence-corrected chi connectivity index (χ4v) is 3.80. The van der Waals surface area contributed by atoms with Crippen molar-refractivity contribution in [3.05, 3.63) is 57.1 Å². The summed E-state index contributed by atoms with van der Waals surface area (Å²) in [6, 6.07) is 7.66. The van der Waals surface area contributed by atoms with E-state index in [2.05, 4.69) is 4.98 Å². The van der Waals surface area contributed by atoms with Crippen molar-refractivity contribution < 1.29 is 13.2 Å². The average molecular weight is 415 g/mol. The summed E-state index contributed by atoms with van der Waals surface area (Å²) in [6.45, 7) is 2.50. The zero-order valence-electron chi connectivity index (χ0n) is 14.7. The summed E-state index contributed by atoms with van der Waals surface area (Å²) in [6.07, 6.45) is -2.21. The van der Waals surface area contributed by atoms with Gasteiger partial charge in [-0.1, -0.05) is 35.3 Å². The summed E-state index contributed by atoms with van der Waals surface area (Å²) in [7, 11) is 0. The number of benzene rings is 2. The van der Waals surface area contributed by atoms with Crippen LogP contribution in [-0.4, -0.2) is 11.5 Å². The highest BCUT2D eigenvalue weighted by Crippen LogP contribution is 2.41. The molecular formula is C20H19Cl2F3N2. The topological polar surface area (TPSA) is 41.8 Å². The maximum atomic E-state index is 13.3. The molecule has 0 atom stereocenters. The molecule has 3 aromatic rings. The average Bonchev–Trinajstić information content (AvgIpc) is 2.99. The molecule has 1 heterocycles. The number of aromatic amines is 1. The fraction of sp³-hybridized carbons (Fsp3) is 0.300. The summed E-state index contributed by atoms with van der Waals surface area (Å²) in [4.78, 5) is 3.29. The summed E-state index contributed by atoms with van der Waals surface area (Å²) in [5.41, 5.74) is 8.53. The van der Waals surface area contributed by atoms with Crippen LogP contribution >= 0.6 is 23.2 Å². The second-order valence-electron chi connectivity index (χ2n) is 6.53. The van der Waals surface area contributed by atoms with Crippen molar-refractivity contribution in [2.24, 2.45) is 5.73 Å². The Labute approximate surface area is 165 Å². The van der Waals surface area contributed by atoms with Crippen molar-refractivity contribution in [2.75, 3.05) is 6.54 Å². The van der Waals surface area contributed by atoms with Crippen LogP contribution < -0.4 is 5.73 Å². The molecule has 0 spiro atoms. The smallest absolute Gasteiger partial charge is 0.354 e. The number of H-pyrrole nitrogens is 1. The van der Waals surface area contributed by atoms with Crippen LogP contribution in [0.25, 0.3) is 22.2 Å². The second kappa shape index (κ2) is 7.74. The third-order valence-corrected chi connectivity index (χ3v) is 5.30. The zero-order chi connectivity index (χ0) is 19.8. The van der Waals surface area contributed by atoms with Gasteiger partial charge in [0.15, 0.2) is 0 Å². The molecule has 0 fully saturated rings. The summed E-state index contributed by atoms with van der Waals surface area (Å²) < 4.78 is 39.9. The molecule has 0 bridgehead atoms. The van der Waals surface area contributed by atoms with E-state index in [0.717, 1.165) is 40.9 Å². The summed E-state index contributed by atoms with van der Waals surface area (Å²) in [5, 5.41) is 1.11. The van der Waals surface area contributed by atoms with Gasteiger partial charge in [-0.2, -0.15) is 13.2 Å². The van der Waals surface area contributed by atoms with Gasteiger partial charge in [0.1, 0.15) is 0 Å². The van der Waals surface area contributed by atoms with Gasteiger partial charge in [0.25, 0.3) is 0 Å². The van der Waals surface area contributed by atoms with E-state index in [1.165, 1.54) is 6.07 Å². The van der Waals surface area contributed by atoms with E-state index in [-0.39, 0.29) is 5.02 Å². The lowest BCUT2D eigenvalue weighted by atomic mass is 9.98. The van der Waals surface area contributed by atoms with Gasteiger partial charge in [0.05, 0.1) is 21.1 Å². The first-order valence-electron chi connectivity index (χ1n) is 8.61. The minimum Gasteiger partial charge on any atom is -0.354 e. The number of halogens is 5. The molecule has 27 heavy (non-hydrogen) atoms. The number of alkyl halides is 3. The molecule has 144 valence electrons. The summed E-state index contributed by atoms with van der Waals surface area (Å²) >= 11 is 12.2. The van der Waals surface area contributed by atoms with E-state index >= 15 is 0 Å². The molecule has 0 unspecified atom stereocenters. The van der Waals surface area contributed by atoms with Crippen LogP contribution in [0.1, 0.15) is 29.5 Å². The Kier molecular flexibility index (Phi) is 5.75. The van der Waals surface area contributed by atoms with Gasteiger partial charge < -0.3 is 10.7 Å². The van der Waals surface area contributed by atoms with Gasteiger partial charge in [0.2, 0.25) is 0 Å². The Morgan fingerprint density at radius 1 is 1.04 bits per heavy atom. The summed E-state index contributed by atoms with van der Waals surface area (Å²) in [5.74, 6) is 0. The third kappa shape index (κ3) is 3.96. The molecule has 0 aliphatic rings. The number of aryl methyl sites for hydroxylation is 2. The lowest BCUT2D eigenvalue weighted by Crippen LogP contribution is -2.06. The molecule has 3 N–H and O–H groups in total. The molecule has 0 saturated carbocycles. The number of nitrogens with one attached hydrogen (secondary N) is 1. The molecule has 2 nitrogen and oxygen atoms in total. The number of fused-ring (bicyclic) bond motifs is 1. The maximum Gasteiger partial charge on any atom is 0.417 e. The second-order valence-corrected chi connectivity index (χ2v) is 7.35. The van der Waals surface area contributed by atoms with Gasteiger partial charge in [-0.15, -0.1) is 0 Å². The van der Waals surface area contributed by atoms with Gasteiger partial charge in [0, 0.05) is 11.1 Å². The van der Waals surface area contributed by atoms with Crippen LogP contribution in [0, 0.1) is 6.92 Å². The lowest BCUT2D eigenvalue weighted by Gasteiger charge is -2.12. The predicted molar refractivity (Wildman–Crippen MR) is 105 cm³/mol. The van der Waals surface area contributed by atoms with E-state index in [0.29, 0.717) is 29.2 Å². The number of nitrogens with two attached hydrogens (primary N) is 1. The molecule has 2 aromatic carbocycles. The highest BCUT2D eigenvalue weighted by Gasteiger charge is 2.33.